The Kier molecular flexibility index (Phi) is 4.15. The average molecular weight is 409 g/mol. The van der Waals surface area contributed by atoms with E-state index in [-0.39, 0.29) is 6.04 Å². The standard InChI is InChI=1S/C17H14ClIN2/c1-10-2-3-11-8-12(5-7-16(11)21-10)17(20)13-4-6-15(19)14(18)9-13/h2-9,17H,20H2,1H3. The summed E-state index contributed by atoms with van der Waals surface area (Å²) < 4.78 is 1.03. The molecule has 0 saturated heterocycles. The summed E-state index contributed by atoms with van der Waals surface area (Å²) in [5.74, 6) is 0. The van der Waals surface area contributed by atoms with Crippen LogP contribution in [0.4, 0.5) is 0 Å². The predicted octanol–water partition coefficient (Wildman–Crippen LogP) is 4.85. The van der Waals surface area contributed by atoms with Gasteiger partial charge in [-0.2, -0.15) is 0 Å². The van der Waals surface area contributed by atoms with Gasteiger partial charge in [-0.1, -0.05) is 29.8 Å². The molecule has 2 nitrogen and oxygen atoms in total. The number of aryl methyl sites for hydroxylation is 1. The lowest BCUT2D eigenvalue weighted by atomic mass is 9.98. The van der Waals surface area contributed by atoms with Crippen LogP contribution in [0, 0.1) is 10.5 Å². The largest absolute Gasteiger partial charge is 0.320 e. The molecule has 106 valence electrons. The number of hydrogen-bond acceptors (Lipinski definition) is 2. The highest BCUT2D eigenvalue weighted by Crippen LogP contribution is 2.27. The highest BCUT2D eigenvalue weighted by atomic mass is 127. The third-order valence-electron chi connectivity index (χ3n) is 3.51. The number of nitrogens with two attached hydrogens (primary N) is 1. The number of nitrogens with zero attached hydrogens (tertiary/aromatic N) is 1. The van der Waals surface area contributed by atoms with Crippen molar-refractivity contribution in [3.05, 3.63) is 73.9 Å². The molecule has 0 radical (unpaired) electrons. The Labute approximate surface area is 142 Å². The van der Waals surface area contributed by atoms with E-state index in [1.807, 2.05) is 43.3 Å². The first-order valence-corrected chi connectivity index (χ1v) is 8.08. The Bertz CT molecular complexity index is 817. The molecule has 21 heavy (non-hydrogen) atoms. The van der Waals surface area contributed by atoms with Gasteiger partial charge in [0.2, 0.25) is 0 Å². The number of pyridine rings is 1. The molecule has 0 aliphatic heterocycles. The Hall–Kier alpha value is -1.17. The maximum absolute atomic E-state index is 6.37. The summed E-state index contributed by atoms with van der Waals surface area (Å²) in [6.07, 6.45) is 0. The summed E-state index contributed by atoms with van der Waals surface area (Å²) in [7, 11) is 0. The van der Waals surface area contributed by atoms with Crippen LogP contribution in [0.25, 0.3) is 10.9 Å². The summed E-state index contributed by atoms with van der Waals surface area (Å²) in [6.45, 7) is 1.99. The van der Waals surface area contributed by atoms with Crippen LogP contribution in [-0.2, 0) is 0 Å². The van der Waals surface area contributed by atoms with Gasteiger partial charge in [0.25, 0.3) is 0 Å². The maximum Gasteiger partial charge on any atom is 0.0705 e. The fraction of sp³-hybridized carbons (Fsp3) is 0.118. The lowest BCUT2D eigenvalue weighted by Crippen LogP contribution is -2.11. The van der Waals surface area contributed by atoms with Crippen LogP contribution < -0.4 is 5.73 Å². The predicted molar refractivity (Wildman–Crippen MR) is 96.7 cm³/mol. The fourth-order valence-electron chi connectivity index (χ4n) is 2.34. The Balaban J connectivity index is 2.02. The van der Waals surface area contributed by atoms with Gasteiger partial charge in [0, 0.05) is 14.7 Å². The topological polar surface area (TPSA) is 38.9 Å². The van der Waals surface area contributed by atoms with E-state index in [1.54, 1.807) is 0 Å². The van der Waals surface area contributed by atoms with Crippen LogP contribution in [-0.4, -0.2) is 4.98 Å². The van der Waals surface area contributed by atoms with E-state index in [9.17, 15) is 0 Å². The zero-order chi connectivity index (χ0) is 15.0. The van der Waals surface area contributed by atoms with Gasteiger partial charge in [-0.15, -0.1) is 0 Å². The molecule has 0 bridgehead atoms. The first-order chi connectivity index (χ1) is 10.0. The van der Waals surface area contributed by atoms with Gasteiger partial charge in [0.15, 0.2) is 0 Å². The Morgan fingerprint density at radius 2 is 1.76 bits per heavy atom. The lowest BCUT2D eigenvalue weighted by Gasteiger charge is -2.14. The van der Waals surface area contributed by atoms with E-state index in [4.69, 9.17) is 17.3 Å². The van der Waals surface area contributed by atoms with Crippen molar-refractivity contribution in [1.29, 1.82) is 0 Å². The summed E-state index contributed by atoms with van der Waals surface area (Å²) in [5, 5.41) is 1.84. The quantitative estimate of drug-likeness (QED) is 0.616. The van der Waals surface area contributed by atoms with Crippen molar-refractivity contribution in [2.75, 3.05) is 0 Å². The smallest absolute Gasteiger partial charge is 0.0705 e. The van der Waals surface area contributed by atoms with Gasteiger partial charge in [0.05, 0.1) is 16.6 Å². The Morgan fingerprint density at radius 3 is 2.52 bits per heavy atom. The van der Waals surface area contributed by atoms with Crippen molar-refractivity contribution in [3.63, 3.8) is 0 Å². The minimum atomic E-state index is -0.190. The van der Waals surface area contributed by atoms with Crippen LogP contribution in [0.3, 0.4) is 0 Å². The van der Waals surface area contributed by atoms with Crippen LogP contribution >= 0.6 is 34.2 Å². The fourth-order valence-corrected chi connectivity index (χ4v) is 2.86. The van der Waals surface area contributed by atoms with Gasteiger partial charge in [0.1, 0.15) is 0 Å². The van der Waals surface area contributed by atoms with E-state index in [2.05, 4.69) is 39.7 Å². The molecule has 0 spiro atoms. The van der Waals surface area contributed by atoms with Crippen molar-refractivity contribution in [2.24, 2.45) is 5.73 Å². The number of hydrogen-bond donors (Lipinski definition) is 1. The zero-order valence-corrected chi connectivity index (χ0v) is 14.4. The molecule has 0 aliphatic rings. The molecule has 1 heterocycles. The summed E-state index contributed by atoms with van der Waals surface area (Å²) in [6, 6.07) is 16.0. The highest BCUT2D eigenvalue weighted by molar-refractivity contribution is 14.1. The molecular weight excluding hydrogens is 395 g/mol. The molecule has 2 aromatic carbocycles. The molecule has 4 heteroatoms. The van der Waals surface area contributed by atoms with Crippen LogP contribution in [0.1, 0.15) is 22.9 Å². The maximum atomic E-state index is 6.37. The van der Waals surface area contributed by atoms with E-state index in [1.165, 1.54) is 0 Å². The third kappa shape index (κ3) is 3.05. The number of aromatic nitrogens is 1. The van der Waals surface area contributed by atoms with Gasteiger partial charge in [-0.3, -0.25) is 4.98 Å². The average Bonchev–Trinajstić information content (AvgIpc) is 2.49. The molecule has 3 rings (SSSR count). The molecule has 1 aromatic heterocycles. The second kappa shape index (κ2) is 5.91. The molecule has 0 aliphatic carbocycles. The van der Waals surface area contributed by atoms with Crippen molar-refractivity contribution in [2.45, 2.75) is 13.0 Å². The van der Waals surface area contributed by atoms with Crippen LogP contribution in [0.2, 0.25) is 5.02 Å². The molecule has 1 unspecified atom stereocenters. The minimum Gasteiger partial charge on any atom is -0.320 e. The van der Waals surface area contributed by atoms with E-state index in [0.29, 0.717) is 0 Å². The Morgan fingerprint density at radius 1 is 1.05 bits per heavy atom. The van der Waals surface area contributed by atoms with Gasteiger partial charge < -0.3 is 5.73 Å². The van der Waals surface area contributed by atoms with Crippen LogP contribution in [0.5, 0.6) is 0 Å². The second-order valence-electron chi connectivity index (χ2n) is 5.06. The first kappa shape index (κ1) is 14.8. The normalized spacial score (nSPS) is 12.6. The summed E-state index contributed by atoms with van der Waals surface area (Å²) >= 11 is 8.40. The minimum absolute atomic E-state index is 0.190. The van der Waals surface area contributed by atoms with E-state index in [0.717, 1.165) is 36.3 Å². The monoisotopic (exact) mass is 408 g/mol. The number of halogens is 2. The van der Waals surface area contributed by atoms with Crippen LogP contribution in [0.15, 0.2) is 48.5 Å². The molecule has 1 atom stereocenters. The molecule has 3 aromatic rings. The third-order valence-corrected chi connectivity index (χ3v) is 5.09. The summed E-state index contributed by atoms with van der Waals surface area (Å²) in [4.78, 5) is 4.51. The van der Waals surface area contributed by atoms with Crippen molar-refractivity contribution >= 4 is 45.1 Å². The zero-order valence-electron chi connectivity index (χ0n) is 11.5. The van der Waals surface area contributed by atoms with Crippen molar-refractivity contribution in [1.82, 2.24) is 4.98 Å². The molecule has 2 N–H and O–H groups in total. The van der Waals surface area contributed by atoms with E-state index >= 15 is 0 Å². The molecule has 0 saturated carbocycles. The molecular formula is C17H14ClIN2. The number of rotatable bonds is 2. The SMILES string of the molecule is Cc1ccc2cc(C(N)c3ccc(I)c(Cl)c3)ccc2n1. The molecule has 0 amide bonds. The number of fused-ring (bicyclic) bond motifs is 1. The molecule has 0 fully saturated rings. The number of benzene rings is 2. The van der Waals surface area contributed by atoms with Crippen molar-refractivity contribution < 1.29 is 0 Å². The van der Waals surface area contributed by atoms with Gasteiger partial charge >= 0.3 is 0 Å². The highest BCUT2D eigenvalue weighted by Gasteiger charge is 2.11. The lowest BCUT2D eigenvalue weighted by molar-refractivity contribution is 0.873. The first-order valence-electron chi connectivity index (χ1n) is 6.62. The van der Waals surface area contributed by atoms with Crippen molar-refractivity contribution in [3.8, 4) is 0 Å². The van der Waals surface area contributed by atoms with E-state index < -0.39 is 0 Å². The van der Waals surface area contributed by atoms with Gasteiger partial charge in [-0.05, 0) is 71.0 Å². The van der Waals surface area contributed by atoms with Gasteiger partial charge in [-0.25, -0.2) is 0 Å². The second-order valence-corrected chi connectivity index (χ2v) is 6.63. The summed E-state index contributed by atoms with van der Waals surface area (Å²) in [5.41, 5.74) is 10.5.